The smallest absolute Gasteiger partial charge is 0.129 e. The Morgan fingerprint density at radius 2 is 1.67 bits per heavy atom. The Morgan fingerprint density at radius 3 is 2.11 bits per heavy atom. The molecule has 0 spiro atoms. The minimum Gasteiger partial charge on any atom is -0.327 e. The summed E-state index contributed by atoms with van der Waals surface area (Å²) in [7, 11) is 0. The molecule has 2 atom stereocenters. The van der Waals surface area contributed by atoms with E-state index in [2.05, 4.69) is 27.7 Å². The zero-order valence-corrected chi connectivity index (χ0v) is 11.6. The van der Waals surface area contributed by atoms with E-state index in [9.17, 15) is 8.78 Å². The summed E-state index contributed by atoms with van der Waals surface area (Å²) >= 11 is 0. The molecule has 0 heterocycles. The average Bonchev–Trinajstić information content (AvgIpc) is 2.22. The van der Waals surface area contributed by atoms with Gasteiger partial charge in [-0.3, -0.25) is 0 Å². The highest BCUT2D eigenvalue weighted by Gasteiger charge is 2.23. The second-order valence-corrected chi connectivity index (χ2v) is 6.17. The quantitative estimate of drug-likeness (QED) is 0.867. The van der Waals surface area contributed by atoms with E-state index in [0.29, 0.717) is 5.92 Å². The van der Waals surface area contributed by atoms with Crippen molar-refractivity contribution >= 4 is 0 Å². The first-order valence-corrected chi connectivity index (χ1v) is 6.40. The molecule has 1 nitrogen and oxygen atoms in total. The summed E-state index contributed by atoms with van der Waals surface area (Å²) in [4.78, 5) is 0. The number of hydrogen-bond donors (Lipinski definition) is 1. The van der Waals surface area contributed by atoms with Crippen molar-refractivity contribution in [1.82, 2.24) is 0 Å². The summed E-state index contributed by atoms with van der Waals surface area (Å²) in [5.41, 5.74) is 6.27. The Kier molecular flexibility index (Phi) is 4.85. The molecule has 0 aliphatic heterocycles. The third-order valence-corrected chi connectivity index (χ3v) is 3.66. The predicted molar refractivity (Wildman–Crippen MR) is 71.3 cm³/mol. The zero-order valence-electron chi connectivity index (χ0n) is 11.6. The summed E-state index contributed by atoms with van der Waals surface area (Å²) in [5, 5.41) is 0. The molecule has 2 N–H and O–H groups in total. The monoisotopic (exact) mass is 255 g/mol. The topological polar surface area (TPSA) is 26.0 Å². The molecule has 0 saturated carbocycles. The summed E-state index contributed by atoms with van der Waals surface area (Å²) in [5.74, 6) is -0.606. The molecular weight excluding hydrogens is 232 g/mol. The summed E-state index contributed by atoms with van der Waals surface area (Å²) in [6.07, 6.45) is 1.01. The Balaban J connectivity index is 2.68. The summed E-state index contributed by atoms with van der Waals surface area (Å²) in [6, 6.07) is 3.71. The van der Waals surface area contributed by atoms with E-state index in [1.54, 1.807) is 0 Å². The number of benzene rings is 1. The molecule has 0 fully saturated rings. The van der Waals surface area contributed by atoms with E-state index in [0.717, 1.165) is 6.42 Å². The van der Waals surface area contributed by atoms with E-state index >= 15 is 0 Å². The van der Waals surface area contributed by atoms with Crippen LogP contribution in [0.3, 0.4) is 0 Å². The molecule has 0 radical (unpaired) electrons. The van der Waals surface area contributed by atoms with Crippen molar-refractivity contribution in [1.29, 1.82) is 0 Å². The van der Waals surface area contributed by atoms with Gasteiger partial charge in [0.2, 0.25) is 0 Å². The third kappa shape index (κ3) is 4.05. The fourth-order valence-electron chi connectivity index (χ4n) is 1.88. The van der Waals surface area contributed by atoms with Crippen molar-refractivity contribution in [3.05, 3.63) is 35.4 Å². The van der Waals surface area contributed by atoms with Crippen LogP contribution in [0.25, 0.3) is 0 Å². The van der Waals surface area contributed by atoms with Crippen LogP contribution < -0.4 is 5.73 Å². The molecule has 3 heteroatoms. The van der Waals surface area contributed by atoms with Crippen molar-refractivity contribution in [2.45, 2.75) is 46.6 Å². The number of hydrogen-bond acceptors (Lipinski definition) is 1. The molecule has 2 unspecified atom stereocenters. The van der Waals surface area contributed by atoms with Crippen LogP contribution in [0, 0.1) is 23.0 Å². The Bertz CT molecular complexity index is 376. The molecular formula is C15H23F2N. The fraction of sp³-hybridized carbons (Fsp3) is 0.600. The molecule has 18 heavy (non-hydrogen) atoms. The highest BCUT2D eigenvalue weighted by atomic mass is 19.1. The van der Waals surface area contributed by atoms with Gasteiger partial charge in [-0.05, 0) is 36.3 Å². The zero-order chi connectivity index (χ0) is 13.9. The van der Waals surface area contributed by atoms with Gasteiger partial charge in [0.25, 0.3) is 0 Å². The second kappa shape index (κ2) is 5.79. The Labute approximate surface area is 108 Å². The molecule has 0 saturated heterocycles. The SMILES string of the molecule is CC(CC(N)Cc1c(F)cccc1F)C(C)(C)C. The van der Waals surface area contributed by atoms with E-state index in [1.165, 1.54) is 18.2 Å². The van der Waals surface area contributed by atoms with Crippen molar-refractivity contribution in [2.24, 2.45) is 17.1 Å². The van der Waals surface area contributed by atoms with Gasteiger partial charge in [-0.15, -0.1) is 0 Å². The first-order chi connectivity index (χ1) is 8.21. The van der Waals surface area contributed by atoms with Gasteiger partial charge in [0.15, 0.2) is 0 Å². The van der Waals surface area contributed by atoms with E-state index in [-0.39, 0.29) is 23.4 Å². The molecule has 1 aromatic carbocycles. The van der Waals surface area contributed by atoms with Crippen LogP contribution in [-0.4, -0.2) is 6.04 Å². The van der Waals surface area contributed by atoms with Crippen LogP contribution in [0.2, 0.25) is 0 Å². The molecule has 0 aliphatic rings. The molecule has 0 aromatic heterocycles. The van der Waals surface area contributed by atoms with Gasteiger partial charge in [-0.1, -0.05) is 33.8 Å². The van der Waals surface area contributed by atoms with Crippen molar-refractivity contribution < 1.29 is 8.78 Å². The van der Waals surface area contributed by atoms with Crippen molar-refractivity contribution in [3.63, 3.8) is 0 Å². The molecule has 1 rings (SSSR count). The van der Waals surface area contributed by atoms with Gasteiger partial charge in [0, 0.05) is 11.6 Å². The number of halogens is 2. The lowest BCUT2D eigenvalue weighted by Crippen LogP contribution is -2.30. The van der Waals surface area contributed by atoms with Crippen LogP contribution in [-0.2, 0) is 6.42 Å². The molecule has 102 valence electrons. The van der Waals surface area contributed by atoms with Crippen molar-refractivity contribution in [2.75, 3.05) is 0 Å². The van der Waals surface area contributed by atoms with Crippen LogP contribution in [0.4, 0.5) is 8.78 Å². The molecule has 0 aliphatic carbocycles. The van der Waals surface area contributed by atoms with E-state index < -0.39 is 11.6 Å². The minimum absolute atomic E-state index is 0.103. The largest absolute Gasteiger partial charge is 0.327 e. The Morgan fingerprint density at radius 1 is 1.17 bits per heavy atom. The third-order valence-electron chi connectivity index (χ3n) is 3.66. The van der Waals surface area contributed by atoms with E-state index in [4.69, 9.17) is 5.73 Å². The minimum atomic E-state index is -0.506. The van der Waals surface area contributed by atoms with Crippen LogP contribution in [0.1, 0.15) is 39.7 Å². The lowest BCUT2D eigenvalue weighted by Gasteiger charge is -2.29. The van der Waals surface area contributed by atoms with Crippen LogP contribution in [0.5, 0.6) is 0 Å². The lowest BCUT2D eigenvalue weighted by atomic mass is 9.78. The number of nitrogens with two attached hydrogens (primary N) is 1. The van der Waals surface area contributed by atoms with Gasteiger partial charge >= 0.3 is 0 Å². The number of rotatable bonds is 4. The van der Waals surface area contributed by atoms with Gasteiger partial charge in [0.1, 0.15) is 11.6 Å². The maximum absolute atomic E-state index is 13.5. The predicted octanol–water partition coefficient (Wildman–Crippen LogP) is 3.91. The summed E-state index contributed by atoms with van der Waals surface area (Å²) < 4.78 is 27.0. The molecule has 0 amide bonds. The van der Waals surface area contributed by atoms with Gasteiger partial charge in [0.05, 0.1) is 0 Å². The Hall–Kier alpha value is -0.960. The first kappa shape index (κ1) is 15.1. The second-order valence-electron chi connectivity index (χ2n) is 6.17. The summed E-state index contributed by atoms with van der Waals surface area (Å²) in [6.45, 7) is 8.56. The van der Waals surface area contributed by atoms with Gasteiger partial charge < -0.3 is 5.73 Å². The van der Waals surface area contributed by atoms with Crippen LogP contribution in [0.15, 0.2) is 18.2 Å². The van der Waals surface area contributed by atoms with Gasteiger partial charge in [-0.2, -0.15) is 0 Å². The molecule has 0 bridgehead atoms. The lowest BCUT2D eigenvalue weighted by molar-refractivity contribution is 0.232. The molecule has 1 aromatic rings. The first-order valence-electron chi connectivity index (χ1n) is 6.40. The maximum Gasteiger partial charge on any atom is 0.129 e. The van der Waals surface area contributed by atoms with Gasteiger partial charge in [-0.25, -0.2) is 8.78 Å². The standard InChI is InChI=1S/C15H23F2N/c1-10(15(2,3)4)8-11(18)9-12-13(16)6-5-7-14(12)17/h5-7,10-11H,8-9,18H2,1-4H3. The highest BCUT2D eigenvalue weighted by Crippen LogP contribution is 2.29. The normalized spacial score (nSPS) is 15.5. The van der Waals surface area contributed by atoms with Crippen molar-refractivity contribution in [3.8, 4) is 0 Å². The fourth-order valence-corrected chi connectivity index (χ4v) is 1.88. The average molecular weight is 255 g/mol. The van der Waals surface area contributed by atoms with E-state index in [1.807, 2.05) is 0 Å². The highest BCUT2D eigenvalue weighted by molar-refractivity contribution is 5.20. The van der Waals surface area contributed by atoms with Crippen LogP contribution >= 0.6 is 0 Å². The maximum atomic E-state index is 13.5.